The summed E-state index contributed by atoms with van der Waals surface area (Å²) in [6.45, 7) is 0. The van der Waals surface area contributed by atoms with Crippen molar-refractivity contribution in [1.82, 2.24) is 5.43 Å². The maximum absolute atomic E-state index is 12.1. The van der Waals surface area contributed by atoms with E-state index in [1.54, 1.807) is 30.1 Å². The lowest BCUT2D eigenvalue weighted by molar-refractivity contribution is -0.122. The van der Waals surface area contributed by atoms with Crippen molar-refractivity contribution in [3.05, 3.63) is 65.7 Å². The Morgan fingerprint density at radius 3 is 2.57 bits per heavy atom. The van der Waals surface area contributed by atoms with Crippen LogP contribution in [0.15, 0.2) is 54.6 Å². The molecule has 0 fully saturated rings. The molecule has 0 aliphatic rings. The summed E-state index contributed by atoms with van der Waals surface area (Å²) in [4.78, 5) is 13.9. The van der Waals surface area contributed by atoms with Crippen LogP contribution in [0, 0.1) is 11.3 Å². The largest absolute Gasteiger partial charge is 0.359 e. The van der Waals surface area contributed by atoms with Gasteiger partial charge in [0.2, 0.25) is 0 Å². The minimum Gasteiger partial charge on any atom is -0.359 e. The quantitative estimate of drug-likeness (QED) is 0.507. The van der Waals surface area contributed by atoms with Gasteiger partial charge in [-0.05, 0) is 23.8 Å². The molecule has 2 aromatic rings. The summed E-state index contributed by atoms with van der Waals surface area (Å²) in [6.07, 6.45) is 0. The summed E-state index contributed by atoms with van der Waals surface area (Å²) in [6, 6.07) is 18.0. The second-order valence-electron chi connectivity index (χ2n) is 4.59. The first-order valence-corrected chi connectivity index (χ1v) is 6.45. The predicted octanol–water partition coefficient (Wildman–Crippen LogP) is 1.73. The zero-order chi connectivity index (χ0) is 15.2. The van der Waals surface area contributed by atoms with Crippen LogP contribution >= 0.6 is 0 Å². The van der Waals surface area contributed by atoms with Crippen molar-refractivity contribution in [2.24, 2.45) is 5.84 Å². The van der Waals surface area contributed by atoms with E-state index in [0.717, 1.165) is 11.3 Å². The van der Waals surface area contributed by atoms with Gasteiger partial charge in [-0.25, -0.2) is 5.84 Å². The van der Waals surface area contributed by atoms with E-state index in [1.807, 2.05) is 36.4 Å². The molecule has 0 aliphatic carbocycles. The van der Waals surface area contributed by atoms with E-state index < -0.39 is 6.04 Å². The molecule has 1 unspecified atom stereocenters. The molecular formula is C16H16N4O. The van der Waals surface area contributed by atoms with Gasteiger partial charge in [0.1, 0.15) is 6.04 Å². The van der Waals surface area contributed by atoms with Crippen LogP contribution in [0.5, 0.6) is 0 Å². The number of nitriles is 1. The molecule has 5 nitrogen and oxygen atoms in total. The summed E-state index contributed by atoms with van der Waals surface area (Å²) in [5.74, 6) is 4.99. The lowest BCUT2D eigenvalue weighted by Gasteiger charge is -2.29. The van der Waals surface area contributed by atoms with Crippen molar-refractivity contribution in [3.63, 3.8) is 0 Å². The smallest absolute Gasteiger partial charge is 0.261 e. The van der Waals surface area contributed by atoms with E-state index in [-0.39, 0.29) is 5.91 Å². The average Bonchev–Trinajstić information content (AvgIpc) is 2.55. The number of anilines is 1. The minimum absolute atomic E-state index is 0.314. The highest BCUT2D eigenvalue weighted by Gasteiger charge is 2.24. The third-order valence-electron chi connectivity index (χ3n) is 3.28. The standard InChI is InChI=1S/C16H16N4O/c1-20(14-9-5-6-12(10-14)11-17)15(16(21)19-18)13-7-3-2-4-8-13/h2-10,15H,18H2,1H3,(H,19,21). The lowest BCUT2D eigenvalue weighted by atomic mass is 10.0. The number of carbonyl (C=O) groups is 1. The summed E-state index contributed by atoms with van der Waals surface area (Å²) < 4.78 is 0. The highest BCUT2D eigenvalue weighted by Crippen LogP contribution is 2.26. The number of benzene rings is 2. The van der Waals surface area contributed by atoms with Crippen LogP contribution in [-0.2, 0) is 4.79 Å². The Morgan fingerprint density at radius 1 is 1.24 bits per heavy atom. The Kier molecular flexibility index (Phi) is 4.54. The minimum atomic E-state index is -0.565. The van der Waals surface area contributed by atoms with Gasteiger partial charge < -0.3 is 4.90 Å². The Morgan fingerprint density at radius 2 is 1.95 bits per heavy atom. The monoisotopic (exact) mass is 280 g/mol. The maximum Gasteiger partial charge on any atom is 0.261 e. The molecule has 2 aromatic carbocycles. The lowest BCUT2D eigenvalue weighted by Crippen LogP contribution is -2.42. The van der Waals surface area contributed by atoms with Crippen LogP contribution in [-0.4, -0.2) is 13.0 Å². The molecule has 0 radical (unpaired) electrons. The van der Waals surface area contributed by atoms with E-state index in [9.17, 15) is 4.79 Å². The van der Waals surface area contributed by atoms with Crippen molar-refractivity contribution >= 4 is 11.6 Å². The van der Waals surface area contributed by atoms with Crippen molar-refractivity contribution in [2.75, 3.05) is 11.9 Å². The van der Waals surface area contributed by atoms with Crippen LogP contribution < -0.4 is 16.2 Å². The van der Waals surface area contributed by atoms with Gasteiger partial charge in [-0.3, -0.25) is 10.2 Å². The molecule has 5 heteroatoms. The van der Waals surface area contributed by atoms with Gasteiger partial charge in [0.15, 0.2) is 0 Å². The molecule has 0 saturated carbocycles. The summed E-state index contributed by atoms with van der Waals surface area (Å²) in [5.41, 5.74) is 4.33. The number of hydrazine groups is 1. The Bertz CT molecular complexity index is 663. The van der Waals surface area contributed by atoms with Gasteiger partial charge in [0, 0.05) is 12.7 Å². The number of nitrogens with one attached hydrogen (secondary N) is 1. The number of hydrogen-bond acceptors (Lipinski definition) is 4. The second kappa shape index (κ2) is 6.55. The zero-order valence-electron chi connectivity index (χ0n) is 11.7. The van der Waals surface area contributed by atoms with Crippen LogP contribution in [0.25, 0.3) is 0 Å². The van der Waals surface area contributed by atoms with E-state index >= 15 is 0 Å². The number of nitrogens with two attached hydrogens (primary N) is 1. The van der Waals surface area contributed by atoms with E-state index in [2.05, 4.69) is 11.5 Å². The van der Waals surface area contributed by atoms with Crippen molar-refractivity contribution < 1.29 is 4.79 Å². The predicted molar refractivity (Wildman–Crippen MR) is 81.1 cm³/mol. The SMILES string of the molecule is CN(c1cccc(C#N)c1)C(C(=O)NN)c1ccccc1. The summed E-state index contributed by atoms with van der Waals surface area (Å²) in [5, 5.41) is 8.99. The number of amides is 1. The van der Waals surface area contributed by atoms with E-state index in [1.165, 1.54) is 0 Å². The van der Waals surface area contributed by atoms with Crippen LogP contribution in [0.1, 0.15) is 17.2 Å². The highest BCUT2D eigenvalue weighted by molar-refractivity contribution is 5.86. The topological polar surface area (TPSA) is 82.2 Å². The van der Waals surface area contributed by atoms with Crippen LogP contribution in [0.4, 0.5) is 5.69 Å². The fourth-order valence-corrected chi connectivity index (χ4v) is 2.21. The number of rotatable bonds is 4. The zero-order valence-corrected chi connectivity index (χ0v) is 11.7. The number of hydrogen-bond donors (Lipinski definition) is 2. The van der Waals surface area contributed by atoms with Gasteiger partial charge in [-0.1, -0.05) is 36.4 Å². The van der Waals surface area contributed by atoms with Crippen molar-refractivity contribution in [2.45, 2.75) is 6.04 Å². The molecule has 1 amide bonds. The first-order valence-electron chi connectivity index (χ1n) is 6.45. The molecular weight excluding hydrogens is 264 g/mol. The third-order valence-corrected chi connectivity index (χ3v) is 3.28. The average molecular weight is 280 g/mol. The molecule has 106 valence electrons. The first kappa shape index (κ1) is 14.6. The van der Waals surface area contributed by atoms with Gasteiger partial charge in [-0.15, -0.1) is 0 Å². The molecule has 2 rings (SSSR count). The Hall–Kier alpha value is -2.84. The first-order chi connectivity index (χ1) is 10.2. The molecule has 0 aliphatic heterocycles. The van der Waals surface area contributed by atoms with Crippen LogP contribution in [0.2, 0.25) is 0 Å². The van der Waals surface area contributed by atoms with E-state index in [0.29, 0.717) is 5.56 Å². The maximum atomic E-state index is 12.1. The molecule has 0 bridgehead atoms. The molecule has 0 heterocycles. The molecule has 21 heavy (non-hydrogen) atoms. The molecule has 0 spiro atoms. The summed E-state index contributed by atoms with van der Waals surface area (Å²) >= 11 is 0. The summed E-state index contributed by atoms with van der Waals surface area (Å²) in [7, 11) is 1.80. The van der Waals surface area contributed by atoms with Crippen LogP contribution in [0.3, 0.4) is 0 Å². The molecule has 1 atom stereocenters. The number of nitrogens with zero attached hydrogens (tertiary/aromatic N) is 2. The second-order valence-corrected chi connectivity index (χ2v) is 4.59. The Labute approximate surface area is 123 Å². The third kappa shape index (κ3) is 3.19. The normalized spacial score (nSPS) is 11.3. The van der Waals surface area contributed by atoms with E-state index in [4.69, 9.17) is 11.1 Å². The van der Waals surface area contributed by atoms with Crippen molar-refractivity contribution in [3.8, 4) is 6.07 Å². The highest BCUT2D eigenvalue weighted by atomic mass is 16.2. The van der Waals surface area contributed by atoms with Gasteiger partial charge in [0.25, 0.3) is 5.91 Å². The molecule has 0 saturated heterocycles. The fourth-order valence-electron chi connectivity index (χ4n) is 2.21. The van der Waals surface area contributed by atoms with Crippen molar-refractivity contribution in [1.29, 1.82) is 5.26 Å². The number of carbonyl (C=O) groups excluding carboxylic acids is 1. The number of likely N-dealkylation sites (N-methyl/N-ethyl adjacent to an activating group) is 1. The van der Waals surface area contributed by atoms with Gasteiger partial charge >= 0.3 is 0 Å². The Balaban J connectivity index is 2.41. The van der Waals surface area contributed by atoms with Gasteiger partial charge in [0.05, 0.1) is 11.6 Å². The van der Waals surface area contributed by atoms with Gasteiger partial charge in [-0.2, -0.15) is 5.26 Å². The fraction of sp³-hybridized carbons (Fsp3) is 0.125. The molecule has 3 N–H and O–H groups in total. The molecule has 0 aromatic heterocycles.